The van der Waals surface area contributed by atoms with E-state index in [0.717, 1.165) is 25.0 Å². The number of amides is 1. The molecule has 0 aromatic rings. The molecule has 2 unspecified atom stereocenters. The van der Waals surface area contributed by atoms with E-state index in [-0.39, 0.29) is 11.9 Å². The molecule has 14 heavy (non-hydrogen) atoms. The molecule has 0 aromatic carbocycles. The Morgan fingerprint density at radius 1 is 1.57 bits per heavy atom. The van der Waals surface area contributed by atoms with Gasteiger partial charge in [-0.05, 0) is 38.2 Å². The van der Waals surface area contributed by atoms with Crippen LogP contribution in [-0.4, -0.2) is 30.0 Å². The third-order valence-corrected chi connectivity index (χ3v) is 2.98. The standard InChI is InChI=1S/C10H22N2OS/c1-4-8(2)12-9(10(11)13)6-5-7-14-3/h8-9,12H,4-7H2,1-3H3,(H2,11,13). The number of nitrogens with one attached hydrogen (secondary N) is 1. The Morgan fingerprint density at radius 2 is 2.21 bits per heavy atom. The highest BCUT2D eigenvalue weighted by atomic mass is 32.2. The summed E-state index contributed by atoms with van der Waals surface area (Å²) in [4.78, 5) is 11.1. The minimum atomic E-state index is -0.230. The topological polar surface area (TPSA) is 55.1 Å². The minimum absolute atomic E-state index is 0.155. The van der Waals surface area contributed by atoms with E-state index in [1.807, 2.05) is 0 Å². The molecule has 84 valence electrons. The van der Waals surface area contributed by atoms with Gasteiger partial charge in [-0.1, -0.05) is 6.92 Å². The lowest BCUT2D eigenvalue weighted by Crippen LogP contribution is -2.45. The first-order valence-electron chi connectivity index (χ1n) is 5.16. The van der Waals surface area contributed by atoms with Gasteiger partial charge in [-0.15, -0.1) is 0 Å². The summed E-state index contributed by atoms with van der Waals surface area (Å²) in [6, 6.07) is 0.207. The number of hydrogen-bond donors (Lipinski definition) is 2. The molecule has 0 aliphatic carbocycles. The second-order valence-electron chi connectivity index (χ2n) is 3.57. The Labute approximate surface area is 91.2 Å². The molecule has 0 radical (unpaired) electrons. The highest BCUT2D eigenvalue weighted by molar-refractivity contribution is 7.98. The molecule has 0 heterocycles. The summed E-state index contributed by atoms with van der Waals surface area (Å²) in [7, 11) is 0. The third-order valence-electron chi connectivity index (χ3n) is 2.28. The summed E-state index contributed by atoms with van der Waals surface area (Å²) in [5, 5.41) is 3.24. The first-order chi connectivity index (χ1) is 6.61. The van der Waals surface area contributed by atoms with Crippen molar-refractivity contribution in [2.24, 2.45) is 5.73 Å². The zero-order chi connectivity index (χ0) is 11.0. The lowest BCUT2D eigenvalue weighted by molar-refractivity contribution is -0.120. The fraction of sp³-hybridized carbons (Fsp3) is 0.900. The summed E-state index contributed by atoms with van der Waals surface area (Å²) in [5.74, 6) is 0.859. The van der Waals surface area contributed by atoms with Crippen LogP contribution in [0.4, 0.5) is 0 Å². The van der Waals surface area contributed by atoms with E-state index < -0.39 is 0 Å². The summed E-state index contributed by atoms with van der Waals surface area (Å²) >= 11 is 1.80. The Hall–Kier alpha value is -0.220. The second kappa shape index (κ2) is 8.12. The van der Waals surface area contributed by atoms with E-state index >= 15 is 0 Å². The molecular weight excluding hydrogens is 196 g/mol. The number of thioether (sulfide) groups is 1. The quantitative estimate of drug-likeness (QED) is 0.605. The number of hydrogen-bond acceptors (Lipinski definition) is 3. The number of carbonyl (C=O) groups excluding carboxylic acids is 1. The van der Waals surface area contributed by atoms with Crippen molar-refractivity contribution in [1.82, 2.24) is 5.32 Å². The van der Waals surface area contributed by atoms with Crippen molar-refractivity contribution in [3.05, 3.63) is 0 Å². The van der Waals surface area contributed by atoms with Crippen molar-refractivity contribution in [1.29, 1.82) is 0 Å². The minimum Gasteiger partial charge on any atom is -0.368 e. The SMILES string of the molecule is CCC(C)NC(CCCSC)C(N)=O. The van der Waals surface area contributed by atoms with Crippen LogP contribution >= 0.6 is 11.8 Å². The summed E-state index contributed by atoms with van der Waals surface area (Å²) < 4.78 is 0. The second-order valence-corrected chi connectivity index (χ2v) is 4.55. The van der Waals surface area contributed by atoms with Crippen LogP contribution in [0, 0.1) is 0 Å². The Bertz CT molecular complexity index is 164. The van der Waals surface area contributed by atoms with Crippen LogP contribution in [0.1, 0.15) is 33.1 Å². The van der Waals surface area contributed by atoms with Crippen molar-refractivity contribution in [2.75, 3.05) is 12.0 Å². The molecule has 0 rings (SSSR count). The van der Waals surface area contributed by atoms with Crippen LogP contribution in [0.25, 0.3) is 0 Å². The van der Waals surface area contributed by atoms with E-state index in [4.69, 9.17) is 5.73 Å². The monoisotopic (exact) mass is 218 g/mol. The summed E-state index contributed by atoms with van der Waals surface area (Å²) in [5.41, 5.74) is 5.31. The lowest BCUT2D eigenvalue weighted by Gasteiger charge is -2.19. The van der Waals surface area contributed by atoms with Gasteiger partial charge in [0.15, 0.2) is 0 Å². The number of carbonyl (C=O) groups is 1. The van der Waals surface area contributed by atoms with Crippen molar-refractivity contribution < 1.29 is 4.79 Å². The van der Waals surface area contributed by atoms with Gasteiger partial charge in [-0.25, -0.2) is 0 Å². The van der Waals surface area contributed by atoms with Crippen LogP contribution in [-0.2, 0) is 4.79 Å². The average molecular weight is 218 g/mol. The van der Waals surface area contributed by atoms with Gasteiger partial charge >= 0.3 is 0 Å². The molecule has 4 heteroatoms. The van der Waals surface area contributed by atoms with Crippen LogP contribution in [0.3, 0.4) is 0 Å². The molecule has 0 aliphatic heterocycles. The average Bonchev–Trinajstić information content (AvgIpc) is 2.16. The third kappa shape index (κ3) is 6.27. The predicted molar refractivity (Wildman–Crippen MR) is 63.5 cm³/mol. The van der Waals surface area contributed by atoms with Gasteiger partial charge < -0.3 is 11.1 Å². The molecule has 0 spiro atoms. The molecule has 2 atom stereocenters. The molecule has 0 saturated heterocycles. The van der Waals surface area contributed by atoms with E-state index in [2.05, 4.69) is 25.4 Å². The Morgan fingerprint density at radius 3 is 2.64 bits per heavy atom. The van der Waals surface area contributed by atoms with Crippen molar-refractivity contribution >= 4 is 17.7 Å². The molecular formula is C10H22N2OS. The largest absolute Gasteiger partial charge is 0.368 e. The number of rotatable bonds is 8. The van der Waals surface area contributed by atoms with Crippen molar-refractivity contribution in [3.8, 4) is 0 Å². The smallest absolute Gasteiger partial charge is 0.234 e. The maximum absolute atomic E-state index is 11.1. The van der Waals surface area contributed by atoms with E-state index in [1.54, 1.807) is 11.8 Å². The zero-order valence-electron chi connectivity index (χ0n) is 9.38. The molecule has 0 bridgehead atoms. The van der Waals surface area contributed by atoms with Crippen LogP contribution in [0.2, 0.25) is 0 Å². The molecule has 3 nitrogen and oxygen atoms in total. The fourth-order valence-corrected chi connectivity index (χ4v) is 1.66. The Balaban J connectivity index is 3.84. The highest BCUT2D eigenvalue weighted by Crippen LogP contribution is 2.04. The molecule has 0 aromatic heterocycles. The van der Waals surface area contributed by atoms with Crippen molar-refractivity contribution in [3.63, 3.8) is 0 Å². The van der Waals surface area contributed by atoms with Gasteiger partial charge in [-0.3, -0.25) is 4.79 Å². The zero-order valence-corrected chi connectivity index (χ0v) is 10.2. The first-order valence-corrected chi connectivity index (χ1v) is 6.55. The molecule has 1 amide bonds. The maximum Gasteiger partial charge on any atom is 0.234 e. The fourth-order valence-electron chi connectivity index (χ4n) is 1.20. The maximum atomic E-state index is 11.1. The molecule has 0 aliphatic rings. The normalized spacial score (nSPS) is 15.1. The number of primary amides is 1. The van der Waals surface area contributed by atoms with Crippen molar-refractivity contribution in [2.45, 2.75) is 45.2 Å². The molecule has 0 saturated carbocycles. The number of nitrogens with two attached hydrogens (primary N) is 1. The van der Waals surface area contributed by atoms with E-state index in [9.17, 15) is 4.79 Å². The van der Waals surface area contributed by atoms with Crippen LogP contribution in [0.15, 0.2) is 0 Å². The summed E-state index contributed by atoms with van der Waals surface area (Å²) in [6.45, 7) is 4.17. The predicted octanol–water partition coefficient (Wildman–Crippen LogP) is 1.37. The van der Waals surface area contributed by atoms with Gasteiger partial charge in [0, 0.05) is 6.04 Å². The summed E-state index contributed by atoms with van der Waals surface area (Å²) in [6.07, 6.45) is 4.98. The van der Waals surface area contributed by atoms with Gasteiger partial charge in [0.2, 0.25) is 5.91 Å². The van der Waals surface area contributed by atoms with Gasteiger partial charge in [0.1, 0.15) is 0 Å². The van der Waals surface area contributed by atoms with E-state index in [1.165, 1.54) is 0 Å². The van der Waals surface area contributed by atoms with Crippen LogP contribution in [0.5, 0.6) is 0 Å². The van der Waals surface area contributed by atoms with Gasteiger partial charge in [-0.2, -0.15) is 11.8 Å². The first kappa shape index (κ1) is 13.8. The van der Waals surface area contributed by atoms with Crippen LogP contribution < -0.4 is 11.1 Å². The Kier molecular flexibility index (Phi) is 7.99. The van der Waals surface area contributed by atoms with Gasteiger partial charge in [0.05, 0.1) is 6.04 Å². The molecule has 0 fully saturated rings. The lowest BCUT2D eigenvalue weighted by atomic mass is 10.1. The molecule has 3 N–H and O–H groups in total. The van der Waals surface area contributed by atoms with Gasteiger partial charge in [0.25, 0.3) is 0 Å². The highest BCUT2D eigenvalue weighted by Gasteiger charge is 2.15. The van der Waals surface area contributed by atoms with E-state index in [0.29, 0.717) is 6.04 Å².